The van der Waals surface area contributed by atoms with Gasteiger partial charge in [0.25, 0.3) is 0 Å². The second kappa shape index (κ2) is 2.98. The van der Waals surface area contributed by atoms with Gasteiger partial charge in [0.1, 0.15) is 6.07 Å². The summed E-state index contributed by atoms with van der Waals surface area (Å²) < 4.78 is 0. The van der Waals surface area contributed by atoms with Crippen LogP contribution in [0.15, 0.2) is 18.2 Å². The van der Waals surface area contributed by atoms with E-state index in [1.54, 1.807) is 0 Å². The molecule has 0 bridgehead atoms. The van der Waals surface area contributed by atoms with Crippen LogP contribution in [0.5, 0.6) is 0 Å². The van der Waals surface area contributed by atoms with Crippen LogP contribution in [0.2, 0.25) is 0 Å². The van der Waals surface area contributed by atoms with Crippen LogP contribution in [0, 0.1) is 11.3 Å². The molecule has 2 rings (SSSR count). The number of benzene rings is 1. The molecule has 0 aromatic heterocycles. The first-order chi connectivity index (χ1) is 6.33. The molecule has 1 heterocycles. The quantitative estimate of drug-likeness (QED) is 0.645. The molecule has 0 amide bonds. The molecule has 0 saturated heterocycles. The van der Waals surface area contributed by atoms with Crippen molar-refractivity contribution in [2.24, 2.45) is 0 Å². The van der Waals surface area contributed by atoms with Crippen LogP contribution >= 0.6 is 0 Å². The molecule has 1 aliphatic heterocycles. The summed E-state index contributed by atoms with van der Waals surface area (Å²) in [6, 6.07) is 7.97. The minimum Gasteiger partial charge on any atom is -0.381 e. The highest BCUT2D eigenvalue weighted by molar-refractivity contribution is 5.77. The third kappa shape index (κ3) is 1.20. The van der Waals surface area contributed by atoms with E-state index in [0.29, 0.717) is 0 Å². The van der Waals surface area contributed by atoms with Crippen molar-refractivity contribution in [3.8, 4) is 6.07 Å². The van der Waals surface area contributed by atoms with Crippen molar-refractivity contribution in [1.29, 1.82) is 5.26 Å². The van der Waals surface area contributed by atoms with Gasteiger partial charge in [-0.05, 0) is 12.1 Å². The Hall–Kier alpha value is -1.69. The van der Waals surface area contributed by atoms with Gasteiger partial charge in [-0.15, -0.1) is 0 Å². The van der Waals surface area contributed by atoms with Crippen molar-refractivity contribution >= 4 is 11.4 Å². The van der Waals surface area contributed by atoms with Crippen molar-refractivity contribution in [2.75, 3.05) is 30.4 Å². The molecule has 3 heteroatoms. The Morgan fingerprint density at radius 1 is 1.54 bits per heavy atom. The maximum absolute atomic E-state index is 8.87. The Balaban J connectivity index is 2.56. The summed E-state index contributed by atoms with van der Waals surface area (Å²) in [5, 5.41) is 12.1. The van der Waals surface area contributed by atoms with Gasteiger partial charge in [-0.3, -0.25) is 0 Å². The second-order valence-electron chi connectivity index (χ2n) is 3.16. The summed E-state index contributed by atoms with van der Waals surface area (Å²) in [7, 11) is 2.04. The highest BCUT2D eigenvalue weighted by Gasteiger charge is 2.15. The highest BCUT2D eigenvalue weighted by atomic mass is 15.2. The van der Waals surface area contributed by atoms with Crippen molar-refractivity contribution in [1.82, 2.24) is 0 Å². The molecular formula is C10H11N3. The van der Waals surface area contributed by atoms with E-state index >= 15 is 0 Å². The van der Waals surface area contributed by atoms with Crippen LogP contribution in [0.3, 0.4) is 0 Å². The van der Waals surface area contributed by atoms with Crippen molar-refractivity contribution < 1.29 is 0 Å². The number of hydrogen-bond acceptors (Lipinski definition) is 3. The van der Waals surface area contributed by atoms with E-state index in [1.807, 2.05) is 25.2 Å². The zero-order valence-electron chi connectivity index (χ0n) is 7.54. The lowest BCUT2D eigenvalue weighted by atomic mass is 10.1. The van der Waals surface area contributed by atoms with Crippen molar-refractivity contribution in [2.45, 2.75) is 0 Å². The average molecular weight is 173 g/mol. The van der Waals surface area contributed by atoms with Gasteiger partial charge in [0, 0.05) is 20.1 Å². The summed E-state index contributed by atoms with van der Waals surface area (Å²) in [5.74, 6) is 0. The molecular weight excluding hydrogens is 162 g/mol. The monoisotopic (exact) mass is 173 g/mol. The van der Waals surface area contributed by atoms with Crippen LogP contribution in [0.1, 0.15) is 5.56 Å². The van der Waals surface area contributed by atoms with E-state index in [0.717, 1.165) is 30.0 Å². The van der Waals surface area contributed by atoms with Crippen LogP contribution in [-0.4, -0.2) is 20.1 Å². The first kappa shape index (κ1) is 7.93. The predicted octanol–water partition coefficient (Wildman–Crippen LogP) is 1.42. The summed E-state index contributed by atoms with van der Waals surface area (Å²) in [6.07, 6.45) is 0. The number of nitrogens with one attached hydrogen (secondary N) is 1. The lowest BCUT2D eigenvalue weighted by Gasteiger charge is -2.28. The van der Waals surface area contributed by atoms with E-state index in [-0.39, 0.29) is 0 Å². The maximum atomic E-state index is 8.87. The molecule has 0 unspecified atom stereocenters. The number of nitriles is 1. The van der Waals surface area contributed by atoms with Gasteiger partial charge in [0.2, 0.25) is 0 Å². The van der Waals surface area contributed by atoms with E-state index in [4.69, 9.17) is 5.26 Å². The van der Waals surface area contributed by atoms with Crippen LogP contribution in [0.25, 0.3) is 0 Å². The van der Waals surface area contributed by atoms with Crippen LogP contribution in [-0.2, 0) is 0 Å². The zero-order valence-corrected chi connectivity index (χ0v) is 7.54. The van der Waals surface area contributed by atoms with Gasteiger partial charge in [-0.25, -0.2) is 0 Å². The molecule has 0 radical (unpaired) electrons. The van der Waals surface area contributed by atoms with Gasteiger partial charge >= 0.3 is 0 Å². The fourth-order valence-corrected chi connectivity index (χ4v) is 1.61. The largest absolute Gasteiger partial charge is 0.381 e. The molecule has 13 heavy (non-hydrogen) atoms. The Morgan fingerprint density at radius 2 is 2.38 bits per heavy atom. The predicted molar refractivity (Wildman–Crippen MR) is 52.9 cm³/mol. The fourth-order valence-electron chi connectivity index (χ4n) is 1.61. The molecule has 0 aliphatic carbocycles. The summed E-state index contributed by atoms with van der Waals surface area (Å²) in [4.78, 5) is 2.16. The second-order valence-corrected chi connectivity index (χ2v) is 3.16. The lowest BCUT2D eigenvalue weighted by Crippen LogP contribution is -2.30. The third-order valence-electron chi connectivity index (χ3n) is 2.32. The summed E-state index contributed by atoms with van der Waals surface area (Å²) >= 11 is 0. The first-order valence-electron chi connectivity index (χ1n) is 4.31. The molecule has 1 aromatic rings. The summed E-state index contributed by atoms with van der Waals surface area (Å²) in [6.45, 7) is 1.89. The number of likely N-dealkylation sites (N-methyl/N-ethyl adjacent to an activating group) is 1. The molecule has 0 spiro atoms. The molecule has 1 aromatic carbocycles. The molecule has 0 fully saturated rings. The van der Waals surface area contributed by atoms with Crippen LogP contribution < -0.4 is 10.2 Å². The number of para-hydroxylation sites is 1. The summed E-state index contributed by atoms with van der Waals surface area (Å²) in [5.41, 5.74) is 2.81. The zero-order chi connectivity index (χ0) is 9.26. The van der Waals surface area contributed by atoms with E-state index in [1.165, 1.54) is 0 Å². The highest BCUT2D eigenvalue weighted by Crippen LogP contribution is 2.30. The Labute approximate surface area is 77.6 Å². The van der Waals surface area contributed by atoms with Gasteiger partial charge < -0.3 is 10.2 Å². The third-order valence-corrected chi connectivity index (χ3v) is 2.32. The van der Waals surface area contributed by atoms with Crippen molar-refractivity contribution in [3.05, 3.63) is 23.8 Å². The molecule has 1 aliphatic rings. The van der Waals surface area contributed by atoms with Gasteiger partial charge in [0.15, 0.2) is 0 Å². The topological polar surface area (TPSA) is 39.1 Å². The number of anilines is 2. The standard InChI is InChI=1S/C10H11N3/c1-13-6-5-12-10-8(7-11)3-2-4-9(10)13/h2-4,12H,5-6H2,1H3. The van der Waals surface area contributed by atoms with E-state index in [9.17, 15) is 0 Å². The SMILES string of the molecule is CN1CCNc2c(C#N)cccc21. The molecule has 1 N–H and O–H groups in total. The smallest absolute Gasteiger partial charge is 0.101 e. The van der Waals surface area contributed by atoms with Crippen molar-refractivity contribution in [3.63, 3.8) is 0 Å². The van der Waals surface area contributed by atoms with Gasteiger partial charge in [0.05, 0.1) is 16.9 Å². The van der Waals surface area contributed by atoms with Crippen LogP contribution in [0.4, 0.5) is 11.4 Å². The average Bonchev–Trinajstić information content (AvgIpc) is 2.18. The number of nitrogens with zero attached hydrogens (tertiary/aromatic N) is 2. The fraction of sp³-hybridized carbons (Fsp3) is 0.300. The minimum absolute atomic E-state index is 0.726. The number of rotatable bonds is 0. The van der Waals surface area contributed by atoms with Gasteiger partial charge in [-0.1, -0.05) is 6.07 Å². The molecule has 0 atom stereocenters. The molecule has 66 valence electrons. The molecule has 3 nitrogen and oxygen atoms in total. The van der Waals surface area contributed by atoms with E-state index < -0.39 is 0 Å². The lowest BCUT2D eigenvalue weighted by molar-refractivity contribution is 0.886. The Morgan fingerprint density at radius 3 is 3.15 bits per heavy atom. The number of hydrogen-bond donors (Lipinski definition) is 1. The maximum Gasteiger partial charge on any atom is 0.101 e. The normalized spacial score (nSPS) is 14.3. The number of fused-ring (bicyclic) bond motifs is 1. The Bertz CT molecular complexity index is 365. The Kier molecular flexibility index (Phi) is 1.82. The molecule has 0 saturated carbocycles. The minimum atomic E-state index is 0.726. The van der Waals surface area contributed by atoms with E-state index in [2.05, 4.69) is 16.3 Å². The van der Waals surface area contributed by atoms with Gasteiger partial charge in [-0.2, -0.15) is 5.26 Å². The first-order valence-corrected chi connectivity index (χ1v) is 4.31.